The van der Waals surface area contributed by atoms with Gasteiger partial charge in [-0.2, -0.15) is 0 Å². The van der Waals surface area contributed by atoms with Gasteiger partial charge in [0.15, 0.2) is 0 Å². The van der Waals surface area contributed by atoms with E-state index in [4.69, 9.17) is 23.7 Å². The summed E-state index contributed by atoms with van der Waals surface area (Å²) in [7, 11) is 0. The highest BCUT2D eigenvalue weighted by Crippen LogP contribution is 2.25. The van der Waals surface area contributed by atoms with E-state index in [1.165, 1.54) is 20.8 Å². The molecule has 230 valence electrons. The van der Waals surface area contributed by atoms with Crippen molar-refractivity contribution in [2.24, 2.45) is 10.8 Å². The van der Waals surface area contributed by atoms with E-state index in [1.54, 1.807) is 13.8 Å². The van der Waals surface area contributed by atoms with Crippen molar-refractivity contribution >= 4 is 29.8 Å². The molecule has 0 aliphatic heterocycles. The standard InChI is InChI=1S/C18H26O6.C13H20O4/c1-8-18(9-22-15(19)12(2)3,10-23-16(20)13(4)5)11-24-17(21)14(6)7;1-9(2)11(14)16-7-13(5,6)8-17-12(15)10(3)4/h2,4,6,8-11H2,1,3,5,7H3;1,3,7-8H2,2,4-6H3. The van der Waals surface area contributed by atoms with Crippen LogP contribution in [-0.2, 0) is 47.7 Å². The summed E-state index contributed by atoms with van der Waals surface area (Å²) in [6.07, 6.45) is 0.448. The van der Waals surface area contributed by atoms with Crippen molar-refractivity contribution in [2.45, 2.75) is 61.8 Å². The number of carbonyl (C=O) groups excluding carboxylic acids is 5. The summed E-state index contributed by atoms with van der Waals surface area (Å²) in [4.78, 5) is 57.3. The Balaban J connectivity index is 0. The van der Waals surface area contributed by atoms with Gasteiger partial charge in [-0.15, -0.1) is 0 Å². The normalized spacial score (nSPS) is 10.5. The van der Waals surface area contributed by atoms with Crippen molar-refractivity contribution in [3.8, 4) is 0 Å². The zero-order chi connectivity index (χ0) is 32.6. The Bertz CT molecular complexity index is 939. The molecule has 0 N–H and O–H groups in total. The minimum atomic E-state index is -0.860. The number of hydrogen-bond acceptors (Lipinski definition) is 10. The van der Waals surface area contributed by atoms with E-state index in [-0.39, 0.29) is 49.8 Å². The molecule has 0 heterocycles. The fraction of sp³-hybridized carbons (Fsp3) is 0.516. The van der Waals surface area contributed by atoms with Crippen LogP contribution in [0, 0.1) is 10.8 Å². The molecule has 0 aliphatic rings. The second kappa shape index (κ2) is 18.4. The van der Waals surface area contributed by atoms with Crippen molar-refractivity contribution < 1.29 is 47.7 Å². The summed E-state index contributed by atoms with van der Waals surface area (Å²) < 4.78 is 25.6. The van der Waals surface area contributed by atoms with Gasteiger partial charge in [0.25, 0.3) is 0 Å². The van der Waals surface area contributed by atoms with Gasteiger partial charge in [0, 0.05) is 33.3 Å². The summed E-state index contributed by atoms with van der Waals surface area (Å²) in [6.45, 7) is 30.8. The monoisotopic (exact) mass is 578 g/mol. The number of ether oxygens (including phenoxy) is 5. The van der Waals surface area contributed by atoms with Gasteiger partial charge in [-0.3, -0.25) is 0 Å². The summed E-state index contributed by atoms with van der Waals surface area (Å²) in [5.74, 6) is -2.57. The summed E-state index contributed by atoms with van der Waals surface area (Å²) in [6, 6.07) is 0. The molecule has 0 atom stereocenters. The van der Waals surface area contributed by atoms with Crippen molar-refractivity contribution in [3.63, 3.8) is 0 Å². The van der Waals surface area contributed by atoms with Crippen molar-refractivity contribution in [1.82, 2.24) is 0 Å². The minimum absolute atomic E-state index is 0.0812. The molecular formula is C31H46O10. The summed E-state index contributed by atoms with van der Waals surface area (Å²) >= 11 is 0. The topological polar surface area (TPSA) is 132 Å². The molecule has 0 fully saturated rings. The van der Waals surface area contributed by atoms with Crippen LogP contribution in [0.5, 0.6) is 0 Å². The van der Waals surface area contributed by atoms with Gasteiger partial charge in [-0.1, -0.05) is 53.7 Å². The molecule has 0 unspecified atom stereocenters. The first-order valence-corrected chi connectivity index (χ1v) is 12.8. The Kier molecular flexibility index (Phi) is 17.6. The molecule has 0 saturated carbocycles. The van der Waals surface area contributed by atoms with Crippen LogP contribution in [0.3, 0.4) is 0 Å². The van der Waals surface area contributed by atoms with Gasteiger partial charge in [-0.05, 0) is 41.0 Å². The summed E-state index contributed by atoms with van der Waals surface area (Å²) in [5, 5.41) is 0. The number of carbonyl (C=O) groups is 5. The van der Waals surface area contributed by atoms with E-state index in [1.807, 2.05) is 20.8 Å². The SMILES string of the molecule is C=C(C)C(=O)OCC(C)(C)COC(=O)C(=C)C.C=C(C)C(=O)OCC(CC)(COC(=O)C(=C)C)COC(=O)C(=C)C. The minimum Gasteiger partial charge on any atom is -0.462 e. The number of rotatable bonds is 16. The smallest absolute Gasteiger partial charge is 0.333 e. The van der Waals surface area contributed by atoms with Crippen molar-refractivity contribution in [3.05, 3.63) is 60.8 Å². The molecule has 0 bridgehead atoms. The Morgan fingerprint density at radius 3 is 0.829 bits per heavy atom. The Morgan fingerprint density at radius 1 is 0.463 bits per heavy atom. The average molecular weight is 579 g/mol. The predicted molar refractivity (Wildman–Crippen MR) is 155 cm³/mol. The lowest BCUT2D eigenvalue weighted by Gasteiger charge is -2.31. The van der Waals surface area contributed by atoms with E-state index >= 15 is 0 Å². The molecule has 10 nitrogen and oxygen atoms in total. The highest BCUT2D eigenvalue weighted by Gasteiger charge is 2.34. The first kappa shape index (κ1) is 39.2. The van der Waals surface area contributed by atoms with Crippen LogP contribution in [0.4, 0.5) is 0 Å². The van der Waals surface area contributed by atoms with Crippen LogP contribution >= 0.6 is 0 Å². The zero-order valence-electron chi connectivity index (χ0n) is 25.9. The third kappa shape index (κ3) is 17.4. The second-order valence-corrected chi connectivity index (χ2v) is 10.8. The third-order valence-electron chi connectivity index (χ3n) is 5.21. The zero-order valence-corrected chi connectivity index (χ0v) is 25.9. The fourth-order valence-corrected chi connectivity index (χ4v) is 2.27. The maximum absolute atomic E-state index is 11.6. The molecule has 10 heteroatoms. The van der Waals surface area contributed by atoms with Crippen LogP contribution in [0.25, 0.3) is 0 Å². The maximum Gasteiger partial charge on any atom is 0.333 e. The van der Waals surface area contributed by atoms with E-state index in [2.05, 4.69) is 32.9 Å². The number of hydrogen-bond donors (Lipinski definition) is 0. The maximum atomic E-state index is 11.6. The van der Waals surface area contributed by atoms with Crippen molar-refractivity contribution in [2.75, 3.05) is 33.0 Å². The first-order chi connectivity index (χ1) is 18.7. The first-order valence-electron chi connectivity index (χ1n) is 12.8. The lowest BCUT2D eigenvalue weighted by molar-refractivity contribution is -0.157. The van der Waals surface area contributed by atoms with Crippen LogP contribution in [0.15, 0.2) is 60.8 Å². The summed E-state index contributed by atoms with van der Waals surface area (Å²) in [5.41, 5.74) is 0.144. The molecule has 0 aliphatic carbocycles. The van der Waals surface area contributed by atoms with Gasteiger partial charge in [0.05, 0.1) is 18.6 Å². The Hall–Kier alpha value is -3.95. The van der Waals surface area contributed by atoms with Gasteiger partial charge in [0.1, 0.15) is 19.8 Å². The largest absolute Gasteiger partial charge is 0.462 e. The Morgan fingerprint density at radius 2 is 0.659 bits per heavy atom. The average Bonchev–Trinajstić information content (AvgIpc) is 2.89. The molecule has 0 aromatic carbocycles. The van der Waals surface area contributed by atoms with Gasteiger partial charge in [-0.25, -0.2) is 24.0 Å². The number of esters is 5. The molecule has 41 heavy (non-hydrogen) atoms. The lowest BCUT2D eigenvalue weighted by Crippen LogP contribution is -2.39. The molecule has 0 aromatic heterocycles. The molecule has 0 aromatic rings. The van der Waals surface area contributed by atoms with Gasteiger partial charge in [0.2, 0.25) is 0 Å². The quantitative estimate of drug-likeness (QED) is 0.140. The molecule has 0 spiro atoms. The van der Waals surface area contributed by atoms with Crippen LogP contribution in [0.2, 0.25) is 0 Å². The third-order valence-corrected chi connectivity index (χ3v) is 5.21. The van der Waals surface area contributed by atoms with Gasteiger partial charge < -0.3 is 23.7 Å². The lowest BCUT2D eigenvalue weighted by atomic mass is 9.88. The molecule has 0 amide bonds. The van der Waals surface area contributed by atoms with Crippen LogP contribution in [0.1, 0.15) is 61.8 Å². The Labute approximate surface area is 244 Å². The van der Waals surface area contributed by atoms with Crippen LogP contribution in [-0.4, -0.2) is 62.9 Å². The fourth-order valence-electron chi connectivity index (χ4n) is 2.27. The highest BCUT2D eigenvalue weighted by atomic mass is 16.6. The van der Waals surface area contributed by atoms with Crippen LogP contribution < -0.4 is 0 Å². The molecule has 0 radical (unpaired) electrons. The molecule has 0 rings (SSSR count). The molecule has 0 saturated heterocycles. The van der Waals surface area contributed by atoms with E-state index in [9.17, 15) is 24.0 Å². The van der Waals surface area contributed by atoms with E-state index in [0.29, 0.717) is 17.6 Å². The van der Waals surface area contributed by atoms with E-state index < -0.39 is 40.7 Å². The second-order valence-electron chi connectivity index (χ2n) is 10.8. The highest BCUT2D eigenvalue weighted by molar-refractivity contribution is 5.88. The van der Waals surface area contributed by atoms with Crippen molar-refractivity contribution in [1.29, 1.82) is 0 Å². The predicted octanol–water partition coefficient (Wildman–Crippen LogP) is 4.99. The van der Waals surface area contributed by atoms with E-state index in [0.717, 1.165) is 0 Å². The molecular weight excluding hydrogens is 532 g/mol. The van der Waals surface area contributed by atoms with Gasteiger partial charge >= 0.3 is 29.8 Å².